The summed E-state index contributed by atoms with van der Waals surface area (Å²) in [5.74, 6) is 0.200. The summed E-state index contributed by atoms with van der Waals surface area (Å²) in [5.41, 5.74) is 1.82. The Morgan fingerprint density at radius 3 is 2.95 bits per heavy atom. The number of hydrogen-bond donors (Lipinski definition) is 3. The molecule has 13 heteroatoms. The monoisotopic (exact) mass is 529 g/mol. The van der Waals surface area contributed by atoms with Crippen LogP contribution in [0.5, 0.6) is 0 Å². The number of ether oxygens (including phenoxy) is 2. The molecule has 2 fully saturated rings. The highest BCUT2D eigenvalue weighted by Crippen LogP contribution is 2.36. The number of nitrogens with one attached hydrogen (secondary N) is 3. The number of imidazole rings is 1. The molecule has 4 heterocycles. The van der Waals surface area contributed by atoms with Crippen LogP contribution in [-0.2, 0) is 9.47 Å². The van der Waals surface area contributed by atoms with Crippen LogP contribution >= 0.6 is 11.6 Å². The number of nitrogens with zero attached hydrogens (tertiary/aromatic N) is 4. The summed E-state index contributed by atoms with van der Waals surface area (Å²) in [6.07, 6.45) is 0.833. The molecule has 6 rings (SSSR count). The smallest absolute Gasteiger partial charge is 0.408 e. The number of hydrogen-bond acceptors (Lipinski definition) is 7. The number of halogens is 3. The maximum Gasteiger partial charge on any atom is 0.408 e. The SMILES string of the molecule is CC1(NC(=O)O[C@@H]2CO[C@H](c3cc(Nc4nc(-c5ccc(F)c(Cl)c5)cc5nccn45)n[nH]3)[C@@H]2F)CC1. The molecule has 0 radical (unpaired) electrons. The van der Waals surface area contributed by atoms with Crippen LogP contribution in [0.1, 0.15) is 31.6 Å². The van der Waals surface area contributed by atoms with Gasteiger partial charge < -0.3 is 20.1 Å². The molecule has 0 bridgehead atoms. The van der Waals surface area contributed by atoms with Crippen LogP contribution in [-0.4, -0.2) is 55.1 Å². The van der Waals surface area contributed by atoms with Crippen molar-refractivity contribution < 1.29 is 23.0 Å². The van der Waals surface area contributed by atoms with Gasteiger partial charge in [0.1, 0.15) is 17.6 Å². The highest BCUT2D eigenvalue weighted by molar-refractivity contribution is 6.31. The van der Waals surface area contributed by atoms with Crippen LogP contribution in [0.25, 0.3) is 16.9 Å². The molecule has 3 N–H and O–H groups in total. The predicted octanol–water partition coefficient (Wildman–Crippen LogP) is 4.71. The molecule has 1 aliphatic carbocycles. The quantitative estimate of drug-likeness (QED) is 0.331. The molecular weight excluding hydrogens is 508 g/mol. The summed E-state index contributed by atoms with van der Waals surface area (Å²) >= 11 is 5.95. The number of carbonyl (C=O) groups is 1. The first-order chi connectivity index (χ1) is 17.8. The van der Waals surface area contributed by atoms with Crippen LogP contribution in [0, 0.1) is 5.82 Å². The Labute approximate surface area is 214 Å². The minimum absolute atomic E-state index is 0.0205. The molecule has 0 spiro atoms. The van der Waals surface area contributed by atoms with E-state index in [4.69, 9.17) is 21.1 Å². The Morgan fingerprint density at radius 1 is 1.32 bits per heavy atom. The number of benzene rings is 1. The van der Waals surface area contributed by atoms with Gasteiger partial charge in [0.15, 0.2) is 18.1 Å². The Balaban J connectivity index is 1.19. The van der Waals surface area contributed by atoms with Crippen molar-refractivity contribution in [3.63, 3.8) is 0 Å². The number of fused-ring (bicyclic) bond motifs is 1. The van der Waals surface area contributed by atoms with Gasteiger partial charge in [0.25, 0.3) is 0 Å². The van der Waals surface area contributed by atoms with Crippen molar-refractivity contribution in [3.05, 3.63) is 59.3 Å². The van der Waals surface area contributed by atoms with Crippen molar-refractivity contribution in [2.45, 2.75) is 43.7 Å². The van der Waals surface area contributed by atoms with E-state index >= 15 is 4.39 Å². The van der Waals surface area contributed by atoms with Gasteiger partial charge in [-0.05, 0) is 38.0 Å². The molecule has 1 aromatic carbocycles. The summed E-state index contributed by atoms with van der Waals surface area (Å²) in [7, 11) is 0. The van der Waals surface area contributed by atoms with Gasteiger partial charge in [-0.15, -0.1) is 0 Å². The minimum atomic E-state index is -1.57. The molecule has 2 aliphatic rings. The molecule has 192 valence electrons. The van der Waals surface area contributed by atoms with Crippen molar-refractivity contribution in [3.8, 4) is 11.3 Å². The van der Waals surface area contributed by atoms with Crippen molar-refractivity contribution >= 4 is 35.1 Å². The third kappa shape index (κ3) is 4.69. The zero-order valence-electron chi connectivity index (χ0n) is 19.5. The standard InChI is InChI=1S/C24H22ClF2N7O3/c1-24(4-5-24)31-23(35)37-17-11-36-21(20(17)27)16-9-18(33-32-16)30-22-29-15(10-19-28-6-7-34(19)22)12-2-3-14(26)13(25)8-12/h2-3,6-10,17,20-21H,4-5,11H2,1H3,(H,31,35)(H2,29,30,32,33)/t17-,20-,21-/m1/s1. The maximum absolute atomic E-state index is 15.1. The number of aromatic amines is 1. The second-order valence-corrected chi connectivity index (χ2v) is 9.82. The van der Waals surface area contributed by atoms with E-state index in [0.717, 1.165) is 12.8 Å². The summed E-state index contributed by atoms with van der Waals surface area (Å²) in [6, 6.07) is 7.66. The molecular formula is C24H22ClF2N7O3. The van der Waals surface area contributed by atoms with Gasteiger partial charge in [0.05, 0.1) is 23.0 Å². The second-order valence-electron chi connectivity index (χ2n) is 9.41. The number of alkyl halides is 1. The number of alkyl carbamates (subject to hydrolysis) is 1. The fourth-order valence-electron chi connectivity index (χ4n) is 4.14. The van der Waals surface area contributed by atoms with E-state index in [1.807, 2.05) is 6.92 Å². The van der Waals surface area contributed by atoms with Crippen LogP contribution in [0.2, 0.25) is 5.02 Å². The Morgan fingerprint density at radius 2 is 2.16 bits per heavy atom. The molecule has 37 heavy (non-hydrogen) atoms. The summed E-state index contributed by atoms with van der Waals surface area (Å²) in [5, 5.41) is 12.8. The molecule has 0 unspecified atom stereocenters. The zero-order chi connectivity index (χ0) is 25.7. The van der Waals surface area contributed by atoms with Crippen LogP contribution < -0.4 is 10.6 Å². The Bertz CT molecular complexity index is 1490. The largest absolute Gasteiger partial charge is 0.441 e. The zero-order valence-corrected chi connectivity index (χ0v) is 20.3. The van der Waals surface area contributed by atoms with Crippen LogP contribution in [0.4, 0.5) is 25.3 Å². The summed E-state index contributed by atoms with van der Waals surface area (Å²) < 4.78 is 41.3. The third-order valence-electron chi connectivity index (χ3n) is 6.50. The third-order valence-corrected chi connectivity index (χ3v) is 6.79. The normalized spacial score (nSPS) is 22.2. The number of amides is 1. The molecule has 3 aromatic heterocycles. The lowest BCUT2D eigenvalue weighted by Gasteiger charge is -2.17. The number of anilines is 2. The van der Waals surface area contributed by atoms with E-state index in [9.17, 15) is 9.18 Å². The Kier molecular flexibility index (Phi) is 5.72. The fourth-order valence-corrected chi connectivity index (χ4v) is 4.32. The first-order valence-corrected chi connectivity index (χ1v) is 12.0. The number of rotatable bonds is 6. The van der Waals surface area contributed by atoms with Crippen molar-refractivity contribution in [1.29, 1.82) is 0 Å². The summed E-state index contributed by atoms with van der Waals surface area (Å²) in [4.78, 5) is 21.0. The highest BCUT2D eigenvalue weighted by atomic mass is 35.5. The lowest BCUT2D eigenvalue weighted by Crippen LogP contribution is -2.39. The van der Waals surface area contributed by atoms with Gasteiger partial charge in [0, 0.05) is 35.6 Å². The number of carbonyl (C=O) groups excluding carboxylic acids is 1. The maximum atomic E-state index is 15.1. The van der Waals surface area contributed by atoms with E-state index in [1.165, 1.54) is 12.1 Å². The molecule has 1 amide bonds. The van der Waals surface area contributed by atoms with Gasteiger partial charge in [0.2, 0.25) is 5.95 Å². The van der Waals surface area contributed by atoms with E-state index < -0.39 is 30.3 Å². The van der Waals surface area contributed by atoms with Gasteiger partial charge in [-0.25, -0.2) is 23.5 Å². The number of H-pyrrole nitrogens is 1. The van der Waals surface area contributed by atoms with Gasteiger partial charge in [-0.1, -0.05) is 11.6 Å². The van der Waals surface area contributed by atoms with Gasteiger partial charge in [-0.3, -0.25) is 9.50 Å². The predicted molar refractivity (Wildman–Crippen MR) is 130 cm³/mol. The second kappa shape index (κ2) is 8.96. The first-order valence-electron chi connectivity index (χ1n) is 11.6. The Hall–Kier alpha value is -3.77. The summed E-state index contributed by atoms with van der Waals surface area (Å²) in [6.45, 7) is 1.84. The van der Waals surface area contributed by atoms with E-state index in [2.05, 4.69) is 30.8 Å². The average molecular weight is 530 g/mol. The topological polar surface area (TPSA) is 118 Å². The van der Waals surface area contributed by atoms with Gasteiger partial charge >= 0.3 is 6.09 Å². The molecule has 1 saturated heterocycles. The lowest BCUT2D eigenvalue weighted by molar-refractivity contribution is 0.0604. The van der Waals surface area contributed by atoms with E-state index in [0.29, 0.717) is 34.4 Å². The van der Waals surface area contributed by atoms with E-state index in [1.54, 1.807) is 35.0 Å². The fraction of sp³-hybridized carbons (Fsp3) is 0.333. The molecule has 1 saturated carbocycles. The first kappa shape index (κ1) is 23.6. The minimum Gasteiger partial charge on any atom is -0.441 e. The molecule has 1 aliphatic heterocycles. The molecule has 3 atom stereocenters. The average Bonchev–Trinajstić information content (AvgIpc) is 3.25. The molecule has 10 nitrogen and oxygen atoms in total. The van der Waals surface area contributed by atoms with Crippen molar-refractivity contribution in [2.75, 3.05) is 11.9 Å². The van der Waals surface area contributed by atoms with Crippen molar-refractivity contribution in [2.24, 2.45) is 0 Å². The van der Waals surface area contributed by atoms with Crippen LogP contribution in [0.3, 0.4) is 0 Å². The van der Waals surface area contributed by atoms with Crippen LogP contribution in [0.15, 0.2) is 42.7 Å². The highest BCUT2D eigenvalue weighted by Gasteiger charge is 2.44. The van der Waals surface area contributed by atoms with Gasteiger partial charge in [-0.2, -0.15) is 5.10 Å². The number of aromatic nitrogens is 5. The van der Waals surface area contributed by atoms with Crippen molar-refractivity contribution in [1.82, 2.24) is 29.9 Å². The molecule has 4 aromatic rings. The lowest BCUT2D eigenvalue weighted by atomic mass is 10.1. The van der Waals surface area contributed by atoms with E-state index in [-0.39, 0.29) is 17.2 Å².